The summed E-state index contributed by atoms with van der Waals surface area (Å²) >= 11 is 6.45. The fourth-order valence-corrected chi connectivity index (χ4v) is 3.57. The number of hydrogen-bond acceptors (Lipinski definition) is 7. The predicted octanol–water partition coefficient (Wildman–Crippen LogP) is 5.68. The van der Waals surface area contributed by atoms with E-state index >= 15 is 0 Å². The molecular formula is C24H33ClN4O5. The van der Waals surface area contributed by atoms with E-state index in [1.807, 2.05) is 27.7 Å². The molecule has 0 unspecified atom stereocenters. The second-order valence-corrected chi connectivity index (χ2v) is 10.0. The number of amides is 2. The summed E-state index contributed by atoms with van der Waals surface area (Å²) in [7, 11) is 1.27. The van der Waals surface area contributed by atoms with Gasteiger partial charge in [-0.1, -0.05) is 25.4 Å². The van der Waals surface area contributed by atoms with Gasteiger partial charge in [-0.2, -0.15) is 0 Å². The van der Waals surface area contributed by atoms with Crippen LogP contribution >= 0.6 is 11.6 Å². The lowest BCUT2D eigenvalue weighted by Gasteiger charge is -2.33. The molecule has 1 atom stereocenters. The largest absolute Gasteiger partial charge is 0.474 e. The number of rotatable bonds is 8. The number of halogens is 1. The summed E-state index contributed by atoms with van der Waals surface area (Å²) in [6.45, 7) is 11.6. The molecule has 0 aromatic carbocycles. The Kier molecular flexibility index (Phi) is 9.09. The van der Waals surface area contributed by atoms with E-state index in [1.54, 1.807) is 30.6 Å². The normalized spacial score (nSPS) is 13.1. The van der Waals surface area contributed by atoms with Crippen molar-refractivity contribution >= 4 is 29.6 Å². The van der Waals surface area contributed by atoms with E-state index < -0.39 is 23.3 Å². The molecule has 2 heterocycles. The highest BCUT2D eigenvalue weighted by Crippen LogP contribution is 2.30. The Morgan fingerprint density at radius 3 is 2.38 bits per heavy atom. The number of methoxy groups -OCH3 is 1. The summed E-state index contributed by atoms with van der Waals surface area (Å²) in [5, 5.41) is 5.75. The highest BCUT2D eigenvalue weighted by molar-refractivity contribution is 6.32. The minimum Gasteiger partial charge on any atom is -0.474 e. The first kappa shape index (κ1) is 27.2. The Bertz CT molecular complexity index is 1010. The smallest absolute Gasteiger partial charge is 0.412 e. The average Bonchev–Trinajstić information content (AvgIpc) is 2.70. The summed E-state index contributed by atoms with van der Waals surface area (Å²) in [6, 6.07) is 5.15. The minimum atomic E-state index is -0.695. The first-order chi connectivity index (χ1) is 15.8. The first-order valence-electron chi connectivity index (χ1n) is 10.9. The van der Waals surface area contributed by atoms with Crippen LogP contribution in [0, 0.1) is 5.92 Å². The molecule has 2 rings (SSSR count). The number of carbonyl (C=O) groups excluding carboxylic acids is 2. The fourth-order valence-electron chi connectivity index (χ4n) is 3.35. The summed E-state index contributed by atoms with van der Waals surface area (Å²) in [5.74, 6) is 0.876. The quantitative estimate of drug-likeness (QED) is 0.487. The zero-order valence-electron chi connectivity index (χ0n) is 20.7. The SMILES string of the molecule is COC(=O)Nc1cc(-c2cnc(OC[C@](C)(CC(C)C)NC(=O)OC(C)(C)C)c(Cl)c2)ccn1. The Balaban J connectivity index is 2.15. The molecule has 10 heteroatoms. The second kappa shape index (κ2) is 11.4. The zero-order valence-corrected chi connectivity index (χ0v) is 21.4. The number of aromatic nitrogens is 2. The van der Waals surface area contributed by atoms with E-state index in [-0.39, 0.29) is 12.5 Å². The van der Waals surface area contributed by atoms with Gasteiger partial charge in [-0.25, -0.2) is 19.6 Å². The van der Waals surface area contributed by atoms with Gasteiger partial charge in [0.25, 0.3) is 0 Å². The van der Waals surface area contributed by atoms with Crippen LogP contribution in [0.1, 0.15) is 48.0 Å². The average molecular weight is 493 g/mol. The van der Waals surface area contributed by atoms with Gasteiger partial charge in [0.05, 0.1) is 12.6 Å². The number of carbonyl (C=O) groups is 2. The Hall–Kier alpha value is -3.07. The molecule has 0 radical (unpaired) electrons. The zero-order chi connectivity index (χ0) is 25.5. The molecular weight excluding hydrogens is 460 g/mol. The van der Waals surface area contributed by atoms with Crippen molar-refractivity contribution in [2.24, 2.45) is 5.92 Å². The third kappa shape index (κ3) is 8.70. The number of ether oxygens (including phenoxy) is 3. The van der Waals surface area contributed by atoms with Gasteiger partial charge in [-0.15, -0.1) is 0 Å². The number of nitrogens with one attached hydrogen (secondary N) is 2. The third-order valence-corrected chi connectivity index (χ3v) is 4.78. The van der Waals surface area contributed by atoms with Crippen molar-refractivity contribution < 1.29 is 23.8 Å². The van der Waals surface area contributed by atoms with E-state index in [0.717, 1.165) is 5.56 Å². The molecule has 2 aromatic heterocycles. The molecule has 2 amide bonds. The van der Waals surface area contributed by atoms with Crippen molar-refractivity contribution in [1.82, 2.24) is 15.3 Å². The van der Waals surface area contributed by atoms with Crippen molar-refractivity contribution in [2.75, 3.05) is 19.0 Å². The topological polar surface area (TPSA) is 112 Å². The lowest BCUT2D eigenvalue weighted by molar-refractivity contribution is 0.0406. The van der Waals surface area contributed by atoms with Crippen LogP contribution in [0.3, 0.4) is 0 Å². The van der Waals surface area contributed by atoms with Crippen molar-refractivity contribution in [1.29, 1.82) is 0 Å². The van der Waals surface area contributed by atoms with Gasteiger partial charge in [0.2, 0.25) is 5.88 Å². The third-order valence-electron chi connectivity index (χ3n) is 4.51. The lowest BCUT2D eigenvalue weighted by Crippen LogP contribution is -2.52. The Labute approximate surface area is 205 Å². The van der Waals surface area contributed by atoms with E-state index in [1.165, 1.54) is 7.11 Å². The highest BCUT2D eigenvalue weighted by atomic mass is 35.5. The van der Waals surface area contributed by atoms with Crippen LogP contribution in [0.15, 0.2) is 30.6 Å². The van der Waals surface area contributed by atoms with Crippen molar-refractivity contribution in [3.05, 3.63) is 35.6 Å². The van der Waals surface area contributed by atoms with Crippen LogP contribution in [0.2, 0.25) is 5.02 Å². The maximum Gasteiger partial charge on any atom is 0.412 e. The first-order valence-corrected chi connectivity index (χ1v) is 11.3. The molecule has 9 nitrogen and oxygen atoms in total. The van der Waals surface area contributed by atoms with E-state index in [9.17, 15) is 9.59 Å². The van der Waals surface area contributed by atoms with Crippen molar-refractivity contribution in [3.63, 3.8) is 0 Å². The maximum absolute atomic E-state index is 12.4. The number of hydrogen-bond donors (Lipinski definition) is 2. The van der Waals surface area contributed by atoms with Gasteiger partial charge < -0.3 is 19.5 Å². The molecule has 0 bridgehead atoms. The van der Waals surface area contributed by atoms with Gasteiger partial charge in [0.15, 0.2) is 0 Å². The summed E-state index contributed by atoms with van der Waals surface area (Å²) < 4.78 is 15.9. The van der Waals surface area contributed by atoms with Gasteiger partial charge in [0, 0.05) is 18.0 Å². The highest BCUT2D eigenvalue weighted by Gasteiger charge is 2.31. The molecule has 0 saturated heterocycles. The van der Waals surface area contributed by atoms with Gasteiger partial charge in [-0.3, -0.25) is 5.32 Å². The fraction of sp³-hybridized carbons (Fsp3) is 0.500. The minimum absolute atomic E-state index is 0.152. The second-order valence-electron chi connectivity index (χ2n) is 9.63. The molecule has 0 fully saturated rings. The molecule has 0 aliphatic heterocycles. The number of pyridine rings is 2. The van der Waals surface area contributed by atoms with Crippen molar-refractivity contribution in [2.45, 2.75) is 59.1 Å². The van der Waals surface area contributed by atoms with E-state index in [2.05, 4.69) is 39.2 Å². The Morgan fingerprint density at radius 2 is 1.79 bits per heavy atom. The maximum atomic E-state index is 12.4. The molecule has 0 saturated carbocycles. The van der Waals surface area contributed by atoms with E-state index in [0.29, 0.717) is 28.7 Å². The van der Waals surface area contributed by atoms with Crippen LogP contribution in [-0.2, 0) is 9.47 Å². The van der Waals surface area contributed by atoms with Crippen LogP contribution in [0.4, 0.5) is 15.4 Å². The number of nitrogens with zero attached hydrogens (tertiary/aromatic N) is 2. The standard InChI is InChI=1S/C24H33ClN4O5/c1-15(2)12-24(6,29-22(31)34-23(3,4)5)14-33-20-18(25)10-17(13-27-20)16-8-9-26-19(11-16)28-21(30)32-7/h8-11,13,15H,12,14H2,1-7H3,(H,29,31)(H,26,28,30)/t24-/m0/s1. The van der Waals surface area contributed by atoms with E-state index in [4.69, 9.17) is 21.1 Å². The van der Waals surface area contributed by atoms with Gasteiger partial charge >= 0.3 is 12.2 Å². The molecule has 2 N–H and O–H groups in total. The lowest BCUT2D eigenvalue weighted by atomic mass is 9.91. The Morgan fingerprint density at radius 1 is 1.09 bits per heavy atom. The summed E-state index contributed by atoms with van der Waals surface area (Å²) in [6.07, 6.45) is 2.70. The van der Waals surface area contributed by atoms with Crippen LogP contribution in [-0.4, -0.2) is 47.0 Å². The number of alkyl carbamates (subject to hydrolysis) is 1. The van der Waals surface area contributed by atoms with Crippen LogP contribution < -0.4 is 15.4 Å². The summed E-state index contributed by atoms with van der Waals surface area (Å²) in [5.41, 5.74) is 0.159. The molecule has 2 aromatic rings. The predicted molar refractivity (Wildman–Crippen MR) is 131 cm³/mol. The number of anilines is 1. The summed E-state index contributed by atoms with van der Waals surface area (Å²) in [4.78, 5) is 32.2. The molecule has 0 spiro atoms. The molecule has 34 heavy (non-hydrogen) atoms. The monoisotopic (exact) mass is 492 g/mol. The molecule has 0 aliphatic rings. The molecule has 186 valence electrons. The van der Waals surface area contributed by atoms with Crippen molar-refractivity contribution in [3.8, 4) is 17.0 Å². The molecule has 0 aliphatic carbocycles. The van der Waals surface area contributed by atoms with Crippen LogP contribution in [0.5, 0.6) is 5.88 Å². The van der Waals surface area contributed by atoms with Crippen LogP contribution in [0.25, 0.3) is 11.1 Å². The van der Waals surface area contributed by atoms with Gasteiger partial charge in [-0.05, 0) is 63.8 Å². The van der Waals surface area contributed by atoms with Gasteiger partial charge in [0.1, 0.15) is 23.0 Å².